The van der Waals surface area contributed by atoms with Gasteiger partial charge in [0.05, 0.1) is 16.2 Å². The number of hydrogen-bond donors (Lipinski definition) is 0. The fraction of sp³-hybridized carbons (Fsp3) is 0.474. The molecule has 146 valence electrons. The van der Waals surface area contributed by atoms with Crippen LogP contribution in [0.4, 0.5) is 0 Å². The minimum absolute atomic E-state index is 0.0818. The van der Waals surface area contributed by atoms with Gasteiger partial charge in [-0.2, -0.15) is 9.40 Å². The Balaban J connectivity index is 1.76. The minimum Gasteiger partial charge on any atom is -0.336 e. The van der Waals surface area contributed by atoms with Gasteiger partial charge in [0, 0.05) is 38.9 Å². The Hall–Kier alpha value is -2.19. The van der Waals surface area contributed by atoms with Crippen LogP contribution in [-0.4, -0.2) is 59.5 Å². The van der Waals surface area contributed by atoms with E-state index in [1.165, 1.54) is 4.31 Å². The molecule has 0 unspecified atom stereocenters. The number of carbonyl (C=O) groups excluding carboxylic acids is 1. The van der Waals surface area contributed by atoms with Crippen molar-refractivity contribution in [2.45, 2.75) is 32.6 Å². The average molecular weight is 391 g/mol. The molecule has 8 heteroatoms. The summed E-state index contributed by atoms with van der Waals surface area (Å²) >= 11 is 0. The highest BCUT2D eigenvalue weighted by molar-refractivity contribution is 7.89. The van der Waals surface area contributed by atoms with Gasteiger partial charge < -0.3 is 4.90 Å². The van der Waals surface area contributed by atoms with E-state index >= 15 is 0 Å². The van der Waals surface area contributed by atoms with E-state index in [2.05, 4.69) is 5.10 Å². The molecule has 27 heavy (non-hydrogen) atoms. The zero-order valence-corrected chi connectivity index (χ0v) is 17.3. The molecule has 7 nitrogen and oxygen atoms in total. The van der Waals surface area contributed by atoms with Crippen molar-refractivity contribution >= 4 is 15.9 Å². The van der Waals surface area contributed by atoms with Crippen molar-refractivity contribution in [1.29, 1.82) is 0 Å². The summed E-state index contributed by atoms with van der Waals surface area (Å²) < 4.78 is 29.1. The summed E-state index contributed by atoms with van der Waals surface area (Å²) in [6.45, 7) is 8.77. The molecule has 0 N–H and O–H groups in total. The van der Waals surface area contributed by atoms with Crippen LogP contribution in [0.1, 0.15) is 32.9 Å². The summed E-state index contributed by atoms with van der Waals surface area (Å²) in [5.41, 5.74) is 3.91. The number of piperazine rings is 1. The third-order valence-electron chi connectivity index (χ3n) is 5.20. The number of hydrogen-bond acceptors (Lipinski definition) is 4. The van der Waals surface area contributed by atoms with E-state index in [-0.39, 0.29) is 5.91 Å². The van der Waals surface area contributed by atoms with Gasteiger partial charge in [-0.1, -0.05) is 17.7 Å². The number of carbonyl (C=O) groups is 1. The maximum Gasteiger partial charge on any atom is 0.257 e. The predicted molar refractivity (Wildman–Crippen MR) is 103 cm³/mol. The van der Waals surface area contributed by atoms with Crippen LogP contribution < -0.4 is 0 Å². The molecule has 1 aromatic carbocycles. The Morgan fingerprint density at radius 2 is 1.67 bits per heavy atom. The molecule has 1 amide bonds. The first-order valence-electron chi connectivity index (χ1n) is 9.00. The fourth-order valence-electron chi connectivity index (χ4n) is 3.60. The Morgan fingerprint density at radius 3 is 2.19 bits per heavy atom. The van der Waals surface area contributed by atoms with E-state index in [0.717, 1.165) is 16.8 Å². The van der Waals surface area contributed by atoms with Crippen molar-refractivity contribution in [3.63, 3.8) is 0 Å². The van der Waals surface area contributed by atoms with E-state index in [1.807, 2.05) is 46.9 Å². The summed E-state index contributed by atoms with van der Waals surface area (Å²) in [5, 5.41) is 4.30. The summed E-state index contributed by atoms with van der Waals surface area (Å²) in [6, 6.07) is 5.36. The number of aryl methyl sites for hydroxylation is 4. The zero-order valence-electron chi connectivity index (χ0n) is 16.5. The first-order valence-corrected chi connectivity index (χ1v) is 10.4. The lowest BCUT2D eigenvalue weighted by atomic mass is 10.1. The molecular weight excluding hydrogens is 364 g/mol. The largest absolute Gasteiger partial charge is 0.336 e. The van der Waals surface area contributed by atoms with Gasteiger partial charge in [0.2, 0.25) is 10.0 Å². The maximum atomic E-state index is 13.0. The highest BCUT2D eigenvalue weighted by atomic mass is 32.2. The average Bonchev–Trinajstić information content (AvgIpc) is 2.86. The minimum atomic E-state index is -3.56. The molecule has 3 rings (SSSR count). The molecule has 0 atom stereocenters. The van der Waals surface area contributed by atoms with Crippen LogP contribution in [0.5, 0.6) is 0 Å². The van der Waals surface area contributed by atoms with E-state index in [1.54, 1.807) is 15.6 Å². The second kappa shape index (κ2) is 7.09. The number of amides is 1. The Labute approximate surface area is 160 Å². The molecular formula is C19H26N4O3S. The number of aromatic nitrogens is 2. The number of benzene rings is 1. The Morgan fingerprint density at radius 1 is 1.04 bits per heavy atom. The van der Waals surface area contributed by atoms with E-state index < -0.39 is 10.0 Å². The van der Waals surface area contributed by atoms with Crippen LogP contribution >= 0.6 is 0 Å². The van der Waals surface area contributed by atoms with E-state index in [9.17, 15) is 13.2 Å². The van der Waals surface area contributed by atoms with Gasteiger partial charge in [-0.15, -0.1) is 0 Å². The summed E-state index contributed by atoms with van der Waals surface area (Å²) in [6.07, 6.45) is 0. The van der Waals surface area contributed by atoms with E-state index in [0.29, 0.717) is 42.3 Å². The van der Waals surface area contributed by atoms with E-state index in [4.69, 9.17) is 0 Å². The van der Waals surface area contributed by atoms with Crippen molar-refractivity contribution in [3.05, 3.63) is 46.3 Å². The number of nitrogens with zero attached hydrogens (tertiary/aromatic N) is 4. The third kappa shape index (κ3) is 3.51. The van der Waals surface area contributed by atoms with Gasteiger partial charge in [0.25, 0.3) is 5.91 Å². The molecule has 0 saturated carbocycles. The molecule has 0 aliphatic carbocycles. The number of sulfonamides is 1. The van der Waals surface area contributed by atoms with Gasteiger partial charge >= 0.3 is 0 Å². The first kappa shape index (κ1) is 19.6. The monoisotopic (exact) mass is 390 g/mol. The van der Waals surface area contributed by atoms with Crippen molar-refractivity contribution < 1.29 is 13.2 Å². The molecule has 1 fully saturated rings. The molecule has 0 spiro atoms. The SMILES string of the molecule is Cc1ccc(S(=O)(=O)N2CCN(C(=O)c3c(C)nn(C)c3C)CC2)c(C)c1. The normalized spacial score (nSPS) is 16.0. The topological polar surface area (TPSA) is 75.5 Å². The predicted octanol–water partition coefficient (Wildman–Crippen LogP) is 1.80. The van der Waals surface area contributed by atoms with Crippen LogP contribution in [0.3, 0.4) is 0 Å². The lowest BCUT2D eigenvalue weighted by molar-refractivity contribution is 0.0696. The summed E-state index contributed by atoms with van der Waals surface area (Å²) in [4.78, 5) is 14.9. The molecule has 0 radical (unpaired) electrons. The van der Waals surface area contributed by atoms with Crippen LogP contribution in [0.25, 0.3) is 0 Å². The maximum absolute atomic E-state index is 13.0. The highest BCUT2D eigenvalue weighted by Crippen LogP contribution is 2.23. The molecule has 1 saturated heterocycles. The Kier molecular flexibility index (Phi) is 5.14. The molecule has 2 aromatic rings. The summed E-state index contributed by atoms with van der Waals surface area (Å²) in [5.74, 6) is -0.0818. The van der Waals surface area contributed by atoms with Gasteiger partial charge in [0.15, 0.2) is 0 Å². The van der Waals surface area contributed by atoms with Crippen molar-refractivity contribution in [3.8, 4) is 0 Å². The second-order valence-corrected chi connectivity index (χ2v) is 9.04. The van der Waals surface area contributed by atoms with Crippen LogP contribution in [0.2, 0.25) is 0 Å². The van der Waals surface area contributed by atoms with Gasteiger partial charge in [-0.3, -0.25) is 9.48 Å². The highest BCUT2D eigenvalue weighted by Gasteiger charge is 2.32. The lowest BCUT2D eigenvalue weighted by Crippen LogP contribution is -2.50. The van der Waals surface area contributed by atoms with Crippen molar-refractivity contribution in [2.75, 3.05) is 26.2 Å². The summed E-state index contributed by atoms with van der Waals surface area (Å²) in [7, 11) is -1.74. The Bertz CT molecular complexity index is 987. The van der Waals surface area contributed by atoms with Crippen molar-refractivity contribution in [1.82, 2.24) is 19.0 Å². The van der Waals surface area contributed by atoms with Gasteiger partial charge in [-0.25, -0.2) is 8.42 Å². The lowest BCUT2D eigenvalue weighted by Gasteiger charge is -2.34. The number of rotatable bonds is 3. The molecule has 0 bridgehead atoms. The van der Waals surface area contributed by atoms with Crippen LogP contribution in [0.15, 0.2) is 23.1 Å². The quantitative estimate of drug-likeness (QED) is 0.801. The van der Waals surface area contributed by atoms with Gasteiger partial charge in [-0.05, 0) is 39.3 Å². The smallest absolute Gasteiger partial charge is 0.257 e. The van der Waals surface area contributed by atoms with Crippen LogP contribution in [0, 0.1) is 27.7 Å². The standard InChI is InChI=1S/C19H26N4O3S/c1-13-6-7-17(14(2)12-13)27(25,26)23-10-8-22(9-11-23)19(24)18-15(3)20-21(5)16(18)4/h6-7,12H,8-11H2,1-5H3. The van der Waals surface area contributed by atoms with Crippen molar-refractivity contribution in [2.24, 2.45) is 7.05 Å². The fourth-order valence-corrected chi connectivity index (χ4v) is 5.23. The zero-order chi connectivity index (χ0) is 19.9. The molecule has 1 aliphatic rings. The third-order valence-corrected chi connectivity index (χ3v) is 7.26. The van der Waals surface area contributed by atoms with Crippen LogP contribution in [-0.2, 0) is 17.1 Å². The van der Waals surface area contributed by atoms with Gasteiger partial charge in [0.1, 0.15) is 0 Å². The molecule has 2 heterocycles. The molecule has 1 aromatic heterocycles. The second-order valence-electron chi connectivity index (χ2n) is 7.13. The first-order chi connectivity index (χ1) is 12.6. The molecule has 1 aliphatic heterocycles.